The minimum atomic E-state index is -3.65. The van der Waals surface area contributed by atoms with Crippen LogP contribution in [0.1, 0.15) is 11.1 Å². The monoisotopic (exact) mass is 277 g/mol. The highest BCUT2D eigenvalue weighted by molar-refractivity contribution is 7.92. The summed E-state index contributed by atoms with van der Waals surface area (Å²) < 4.78 is 27.0. The van der Waals surface area contributed by atoms with Gasteiger partial charge in [0.25, 0.3) is 10.0 Å². The summed E-state index contributed by atoms with van der Waals surface area (Å²) in [6.07, 6.45) is 1.37. The van der Waals surface area contributed by atoms with Gasteiger partial charge in [-0.1, -0.05) is 12.1 Å². The molecule has 0 radical (unpaired) electrons. The van der Waals surface area contributed by atoms with E-state index in [-0.39, 0.29) is 10.7 Å². The van der Waals surface area contributed by atoms with Crippen LogP contribution in [0.3, 0.4) is 0 Å². The summed E-state index contributed by atoms with van der Waals surface area (Å²) >= 11 is 0. The molecule has 3 N–H and O–H groups in total. The number of nitrogens with two attached hydrogens (primary N) is 1. The summed E-state index contributed by atoms with van der Waals surface area (Å²) in [5, 5.41) is 0. The highest BCUT2D eigenvalue weighted by Crippen LogP contribution is 2.22. The van der Waals surface area contributed by atoms with Crippen molar-refractivity contribution in [1.29, 1.82) is 0 Å². The van der Waals surface area contributed by atoms with Crippen molar-refractivity contribution in [1.82, 2.24) is 4.98 Å². The molecular formula is C13H15N3O2S. The SMILES string of the molecule is Cc1cccc(NS(=O)(=O)c2ccnc(N)c2)c1C. The van der Waals surface area contributed by atoms with Crippen LogP contribution in [0.5, 0.6) is 0 Å². The number of benzene rings is 1. The van der Waals surface area contributed by atoms with Crippen molar-refractivity contribution in [2.24, 2.45) is 0 Å². The van der Waals surface area contributed by atoms with Gasteiger partial charge in [0.1, 0.15) is 5.82 Å². The molecule has 100 valence electrons. The van der Waals surface area contributed by atoms with Crippen molar-refractivity contribution in [3.05, 3.63) is 47.7 Å². The number of nitrogens with one attached hydrogen (secondary N) is 1. The highest BCUT2D eigenvalue weighted by Gasteiger charge is 2.16. The van der Waals surface area contributed by atoms with Crippen LogP contribution in [0.15, 0.2) is 41.4 Å². The summed E-state index contributed by atoms with van der Waals surface area (Å²) in [5.41, 5.74) is 7.98. The van der Waals surface area contributed by atoms with E-state index >= 15 is 0 Å². The molecule has 6 heteroatoms. The molecule has 0 fully saturated rings. The Kier molecular flexibility index (Phi) is 3.44. The maximum absolute atomic E-state index is 12.2. The molecule has 1 aromatic heterocycles. The van der Waals surface area contributed by atoms with E-state index in [0.29, 0.717) is 5.69 Å². The first kappa shape index (κ1) is 13.4. The number of aromatic nitrogens is 1. The van der Waals surface area contributed by atoms with E-state index in [1.165, 1.54) is 18.3 Å². The molecule has 0 saturated heterocycles. The van der Waals surface area contributed by atoms with Crippen molar-refractivity contribution in [3.8, 4) is 0 Å². The molecule has 0 amide bonds. The zero-order chi connectivity index (χ0) is 14.0. The smallest absolute Gasteiger partial charge is 0.262 e. The van der Waals surface area contributed by atoms with E-state index in [2.05, 4.69) is 9.71 Å². The maximum atomic E-state index is 12.2. The summed E-state index contributed by atoms with van der Waals surface area (Å²) in [5.74, 6) is 0.170. The van der Waals surface area contributed by atoms with E-state index < -0.39 is 10.0 Å². The van der Waals surface area contributed by atoms with Gasteiger partial charge < -0.3 is 5.73 Å². The van der Waals surface area contributed by atoms with Crippen molar-refractivity contribution in [2.45, 2.75) is 18.7 Å². The molecule has 0 unspecified atom stereocenters. The number of hydrogen-bond acceptors (Lipinski definition) is 4. The molecule has 19 heavy (non-hydrogen) atoms. The van der Waals surface area contributed by atoms with Crippen LogP contribution in [-0.2, 0) is 10.0 Å². The van der Waals surface area contributed by atoms with Crippen LogP contribution < -0.4 is 10.5 Å². The molecule has 1 aromatic carbocycles. The minimum absolute atomic E-state index is 0.0981. The Hall–Kier alpha value is -2.08. The fraction of sp³-hybridized carbons (Fsp3) is 0.154. The Balaban J connectivity index is 2.39. The fourth-order valence-electron chi connectivity index (χ4n) is 1.66. The third kappa shape index (κ3) is 2.85. The van der Waals surface area contributed by atoms with E-state index in [4.69, 9.17) is 5.73 Å². The molecular weight excluding hydrogens is 262 g/mol. The van der Waals surface area contributed by atoms with Crippen LogP contribution >= 0.6 is 0 Å². The van der Waals surface area contributed by atoms with Gasteiger partial charge in [0.05, 0.1) is 10.6 Å². The second-order valence-corrected chi connectivity index (χ2v) is 5.95. The van der Waals surface area contributed by atoms with Gasteiger partial charge in [0.15, 0.2) is 0 Å². The second-order valence-electron chi connectivity index (χ2n) is 4.27. The molecule has 0 aliphatic heterocycles. The number of nitrogens with zero attached hydrogens (tertiary/aromatic N) is 1. The summed E-state index contributed by atoms with van der Waals surface area (Å²) in [7, 11) is -3.65. The van der Waals surface area contributed by atoms with Crippen molar-refractivity contribution in [2.75, 3.05) is 10.5 Å². The van der Waals surface area contributed by atoms with Crippen LogP contribution in [0.2, 0.25) is 0 Å². The standard InChI is InChI=1S/C13H15N3O2S/c1-9-4-3-5-12(10(9)2)16-19(17,18)11-6-7-15-13(14)8-11/h3-8,16H,1-2H3,(H2,14,15). The molecule has 0 spiro atoms. The first-order chi connectivity index (χ1) is 8.90. The topological polar surface area (TPSA) is 85.1 Å². The lowest BCUT2D eigenvalue weighted by Gasteiger charge is -2.12. The lowest BCUT2D eigenvalue weighted by Crippen LogP contribution is -2.14. The Morgan fingerprint density at radius 3 is 2.63 bits per heavy atom. The average Bonchev–Trinajstić information content (AvgIpc) is 2.35. The summed E-state index contributed by atoms with van der Waals surface area (Å²) in [6, 6.07) is 8.19. The van der Waals surface area contributed by atoms with E-state index in [0.717, 1.165) is 11.1 Å². The number of sulfonamides is 1. The molecule has 0 aliphatic rings. The van der Waals surface area contributed by atoms with Crippen LogP contribution in [-0.4, -0.2) is 13.4 Å². The minimum Gasteiger partial charge on any atom is -0.384 e. The molecule has 2 rings (SSSR count). The summed E-state index contributed by atoms with van der Waals surface area (Å²) in [6.45, 7) is 3.80. The maximum Gasteiger partial charge on any atom is 0.262 e. The molecule has 2 aromatic rings. The average molecular weight is 277 g/mol. The third-order valence-corrected chi connectivity index (χ3v) is 4.27. The number of anilines is 2. The zero-order valence-electron chi connectivity index (χ0n) is 10.7. The first-order valence-corrected chi connectivity index (χ1v) is 7.19. The van der Waals surface area contributed by atoms with Gasteiger partial charge in [-0.2, -0.15) is 0 Å². The predicted molar refractivity (Wildman–Crippen MR) is 75.4 cm³/mol. The number of rotatable bonds is 3. The van der Waals surface area contributed by atoms with Crippen molar-refractivity contribution in [3.63, 3.8) is 0 Å². The van der Waals surface area contributed by atoms with Gasteiger partial charge in [-0.15, -0.1) is 0 Å². The molecule has 5 nitrogen and oxygen atoms in total. The lowest BCUT2D eigenvalue weighted by atomic mass is 10.1. The normalized spacial score (nSPS) is 11.3. The van der Waals surface area contributed by atoms with E-state index in [1.807, 2.05) is 19.9 Å². The van der Waals surface area contributed by atoms with Gasteiger partial charge in [-0.05, 0) is 37.1 Å². The fourth-order valence-corrected chi connectivity index (χ4v) is 2.80. The molecule has 0 atom stereocenters. The molecule has 0 aliphatic carbocycles. The van der Waals surface area contributed by atoms with Gasteiger partial charge >= 0.3 is 0 Å². The number of pyridine rings is 1. The number of hydrogen-bond donors (Lipinski definition) is 2. The lowest BCUT2D eigenvalue weighted by molar-refractivity contribution is 0.601. The van der Waals surface area contributed by atoms with Gasteiger partial charge in [-0.25, -0.2) is 13.4 Å². The Morgan fingerprint density at radius 1 is 1.21 bits per heavy atom. The predicted octanol–water partition coefficient (Wildman–Crippen LogP) is 2.08. The van der Waals surface area contributed by atoms with Crippen molar-refractivity contribution >= 4 is 21.5 Å². The van der Waals surface area contributed by atoms with Crippen LogP contribution in [0, 0.1) is 13.8 Å². The molecule has 0 bridgehead atoms. The quantitative estimate of drug-likeness (QED) is 0.899. The van der Waals surface area contributed by atoms with Crippen molar-refractivity contribution < 1.29 is 8.42 Å². The Bertz CT molecular complexity index is 712. The highest BCUT2D eigenvalue weighted by atomic mass is 32.2. The first-order valence-electron chi connectivity index (χ1n) is 5.71. The number of nitrogen functional groups attached to an aromatic ring is 1. The summed E-state index contributed by atoms with van der Waals surface area (Å²) in [4.78, 5) is 3.88. The largest absolute Gasteiger partial charge is 0.384 e. The zero-order valence-corrected chi connectivity index (χ0v) is 11.5. The third-order valence-electron chi connectivity index (χ3n) is 2.91. The van der Waals surface area contributed by atoms with E-state index in [9.17, 15) is 8.42 Å². The van der Waals surface area contributed by atoms with Crippen LogP contribution in [0.25, 0.3) is 0 Å². The Morgan fingerprint density at radius 2 is 1.95 bits per heavy atom. The van der Waals surface area contributed by atoms with Gasteiger partial charge in [0, 0.05) is 12.3 Å². The molecule has 1 heterocycles. The second kappa shape index (κ2) is 4.89. The van der Waals surface area contributed by atoms with Crippen LogP contribution in [0.4, 0.5) is 11.5 Å². The van der Waals surface area contributed by atoms with Gasteiger partial charge in [0.2, 0.25) is 0 Å². The number of aryl methyl sites for hydroxylation is 1. The Labute approximate surface area is 112 Å². The van der Waals surface area contributed by atoms with E-state index in [1.54, 1.807) is 12.1 Å². The van der Waals surface area contributed by atoms with Gasteiger partial charge in [-0.3, -0.25) is 4.72 Å². The molecule has 0 saturated carbocycles.